The summed E-state index contributed by atoms with van der Waals surface area (Å²) in [7, 11) is 1.28. The summed E-state index contributed by atoms with van der Waals surface area (Å²) < 4.78 is 10.4. The Labute approximate surface area is 195 Å². The topological polar surface area (TPSA) is 118 Å². The number of hydrogen-bond acceptors (Lipinski definition) is 7. The molecular weight excluding hydrogens is 426 g/mol. The van der Waals surface area contributed by atoms with Gasteiger partial charge in [-0.15, -0.1) is 0 Å². The summed E-state index contributed by atoms with van der Waals surface area (Å²) in [6.45, 7) is 11.6. The molecule has 0 aromatic carbocycles. The number of carbonyl (C=O) groups excluding carboxylic acids is 3. The second-order valence-corrected chi connectivity index (χ2v) is 10.4. The summed E-state index contributed by atoms with van der Waals surface area (Å²) in [5.74, 6) is -1.68. The van der Waals surface area contributed by atoms with Gasteiger partial charge in [0.2, 0.25) is 5.91 Å². The number of hydrogen-bond donors (Lipinski definition) is 2. The van der Waals surface area contributed by atoms with Crippen molar-refractivity contribution < 1.29 is 29.0 Å². The van der Waals surface area contributed by atoms with Gasteiger partial charge in [0, 0.05) is 30.3 Å². The fourth-order valence-corrected chi connectivity index (χ4v) is 3.73. The highest BCUT2D eigenvalue weighted by Crippen LogP contribution is 2.37. The van der Waals surface area contributed by atoms with Crippen LogP contribution in [0.4, 0.5) is 10.6 Å². The maximum atomic E-state index is 12.7. The Morgan fingerprint density at radius 2 is 1.76 bits per heavy atom. The molecule has 33 heavy (non-hydrogen) atoms. The highest BCUT2D eigenvalue weighted by molar-refractivity contribution is 5.94. The van der Waals surface area contributed by atoms with E-state index in [2.05, 4.69) is 10.3 Å². The second-order valence-electron chi connectivity index (χ2n) is 10.4. The Kier molecular flexibility index (Phi) is 8.46. The van der Waals surface area contributed by atoms with Gasteiger partial charge in [-0.05, 0) is 45.6 Å². The van der Waals surface area contributed by atoms with Crippen LogP contribution in [0.5, 0.6) is 0 Å². The fraction of sp³-hybridized carbons (Fsp3) is 0.667. The van der Waals surface area contributed by atoms with Gasteiger partial charge >= 0.3 is 12.1 Å². The maximum Gasteiger partial charge on any atom is 0.410 e. The van der Waals surface area contributed by atoms with Crippen LogP contribution in [0.15, 0.2) is 18.3 Å². The lowest BCUT2D eigenvalue weighted by atomic mass is 9.79. The third-order valence-corrected chi connectivity index (χ3v) is 5.58. The molecule has 2 amide bonds. The van der Waals surface area contributed by atoms with Crippen molar-refractivity contribution in [1.29, 1.82) is 0 Å². The first-order chi connectivity index (χ1) is 15.2. The van der Waals surface area contributed by atoms with Gasteiger partial charge in [-0.25, -0.2) is 9.78 Å². The standard InChI is InChI=1S/C24H37N3O6/c1-23(2,3)21(30)26-19-16(9-8-12-25-19)18(28)17(20(29)32-7)15-10-13-27(14-11-15)22(31)33-24(4,5)6/h8-9,12,15,17-18,28H,10-11,13-14H2,1-7H3,(H,25,26,30). The number of aliphatic hydroxyl groups is 1. The van der Waals surface area contributed by atoms with E-state index in [-0.39, 0.29) is 17.6 Å². The van der Waals surface area contributed by atoms with E-state index in [1.165, 1.54) is 13.3 Å². The molecule has 2 heterocycles. The fourth-order valence-electron chi connectivity index (χ4n) is 3.73. The number of anilines is 1. The van der Waals surface area contributed by atoms with Crippen molar-refractivity contribution in [2.75, 3.05) is 25.5 Å². The molecule has 1 aliphatic rings. The third kappa shape index (κ3) is 7.15. The number of likely N-dealkylation sites (tertiary alicyclic amines) is 1. The average Bonchev–Trinajstić information content (AvgIpc) is 2.72. The zero-order chi connectivity index (χ0) is 25.0. The van der Waals surface area contributed by atoms with Crippen LogP contribution in [0.2, 0.25) is 0 Å². The Balaban J connectivity index is 2.21. The van der Waals surface area contributed by atoms with Crippen molar-refractivity contribution in [1.82, 2.24) is 9.88 Å². The molecule has 0 spiro atoms. The Morgan fingerprint density at radius 1 is 1.15 bits per heavy atom. The first-order valence-corrected chi connectivity index (χ1v) is 11.2. The van der Waals surface area contributed by atoms with E-state index in [1.807, 2.05) is 20.8 Å². The van der Waals surface area contributed by atoms with E-state index >= 15 is 0 Å². The van der Waals surface area contributed by atoms with E-state index in [9.17, 15) is 19.5 Å². The number of pyridine rings is 1. The Morgan fingerprint density at radius 3 is 2.27 bits per heavy atom. The summed E-state index contributed by atoms with van der Waals surface area (Å²) in [4.78, 5) is 43.4. The lowest BCUT2D eigenvalue weighted by Gasteiger charge is -2.37. The Hall–Kier alpha value is -2.68. The summed E-state index contributed by atoms with van der Waals surface area (Å²) in [5, 5.41) is 14.0. The minimum atomic E-state index is -1.24. The predicted octanol–water partition coefficient (Wildman–Crippen LogP) is 3.54. The van der Waals surface area contributed by atoms with E-state index < -0.39 is 35.1 Å². The summed E-state index contributed by atoms with van der Waals surface area (Å²) in [6.07, 6.45) is 0.885. The number of nitrogens with one attached hydrogen (secondary N) is 1. The average molecular weight is 464 g/mol. The number of piperidine rings is 1. The highest BCUT2D eigenvalue weighted by atomic mass is 16.6. The van der Waals surface area contributed by atoms with Gasteiger partial charge in [0.15, 0.2) is 0 Å². The van der Waals surface area contributed by atoms with Crippen LogP contribution in [0, 0.1) is 17.3 Å². The SMILES string of the molecule is COC(=O)C(C1CCN(C(=O)OC(C)(C)C)CC1)C(O)c1cccnc1NC(=O)C(C)(C)C. The zero-order valence-electron chi connectivity index (χ0n) is 20.7. The lowest BCUT2D eigenvalue weighted by molar-refractivity contribution is -0.153. The van der Waals surface area contributed by atoms with E-state index in [4.69, 9.17) is 9.47 Å². The number of carbonyl (C=O) groups is 3. The molecule has 1 fully saturated rings. The van der Waals surface area contributed by atoms with Crippen molar-refractivity contribution >= 4 is 23.8 Å². The van der Waals surface area contributed by atoms with Crippen LogP contribution in [0.1, 0.15) is 66.1 Å². The molecule has 0 saturated carbocycles. The molecule has 2 atom stereocenters. The van der Waals surface area contributed by atoms with Gasteiger partial charge < -0.3 is 24.8 Å². The second kappa shape index (κ2) is 10.5. The minimum absolute atomic E-state index is 0.213. The van der Waals surface area contributed by atoms with Gasteiger partial charge in [0.1, 0.15) is 11.4 Å². The molecule has 1 aromatic rings. The van der Waals surface area contributed by atoms with Gasteiger partial charge in [-0.3, -0.25) is 9.59 Å². The number of methoxy groups -OCH3 is 1. The number of aliphatic hydroxyl groups excluding tert-OH is 1. The van der Waals surface area contributed by atoms with E-state index in [0.717, 1.165) is 0 Å². The number of nitrogens with zero attached hydrogens (tertiary/aromatic N) is 2. The number of ether oxygens (including phenoxy) is 2. The molecule has 2 N–H and O–H groups in total. The van der Waals surface area contributed by atoms with Crippen LogP contribution in [-0.4, -0.2) is 58.8 Å². The molecule has 1 aromatic heterocycles. The van der Waals surface area contributed by atoms with Crippen LogP contribution in [0.25, 0.3) is 0 Å². The summed E-state index contributed by atoms with van der Waals surface area (Å²) in [5.41, 5.74) is -0.900. The largest absolute Gasteiger partial charge is 0.469 e. The Bertz CT molecular complexity index is 850. The van der Waals surface area contributed by atoms with Crippen molar-refractivity contribution in [3.63, 3.8) is 0 Å². The maximum absolute atomic E-state index is 12.7. The molecule has 2 rings (SSSR count). The monoisotopic (exact) mass is 463 g/mol. The van der Waals surface area contributed by atoms with Crippen LogP contribution in [0.3, 0.4) is 0 Å². The molecule has 1 aliphatic heterocycles. The number of aromatic nitrogens is 1. The first kappa shape index (κ1) is 26.6. The third-order valence-electron chi connectivity index (χ3n) is 5.58. The molecule has 9 heteroatoms. The molecule has 9 nitrogen and oxygen atoms in total. The zero-order valence-corrected chi connectivity index (χ0v) is 20.7. The predicted molar refractivity (Wildman–Crippen MR) is 123 cm³/mol. The summed E-state index contributed by atoms with van der Waals surface area (Å²) >= 11 is 0. The molecule has 184 valence electrons. The van der Waals surface area contributed by atoms with E-state index in [0.29, 0.717) is 31.5 Å². The van der Waals surface area contributed by atoms with Crippen molar-refractivity contribution in [3.05, 3.63) is 23.9 Å². The molecule has 0 radical (unpaired) electrons. The highest BCUT2D eigenvalue weighted by Gasteiger charge is 2.40. The van der Waals surface area contributed by atoms with Crippen LogP contribution >= 0.6 is 0 Å². The van der Waals surface area contributed by atoms with Crippen molar-refractivity contribution in [3.8, 4) is 0 Å². The minimum Gasteiger partial charge on any atom is -0.469 e. The molecular formula is C24H37N3O6. The van der Waals surface area contributed by atoms with Crippen LogP contribution in [-0.2, 0) is 19.1 Å². The van der Waals surface area contributed by atoms with Crippen molar-refractivity contribution in [2.45, 2.75) is 66.1 Å². The lowest BCUT2D eigenvalue weighted by Crippen LogP contribution is -2.44. The molecule has 2 unspecified atom stereocenters. The van der Waals surface area contributed by atoms with Crippen molar-refractivity contribution in [2.24, 2.45) is 17.3 Å². The molecule has 1 saturated heterocycles. The van der Waals surface area contributed by atoms with Gasteiger partial charge in [-0.2, -0.15) is 0 Å². The van der Waals surface area contributed by atoms with Gasteiger partial charge in [0.05, 0.1) is 19.1 Å². The number of amides is 2. The molecule has 0 bridgehead atoms. The van der Waals surface area contributed by atoms with Crippen LogP contribution < -0.4 is 5.32 Å². The van der Waals surface area contributed by atoms with E-state index in [1.54, 1.807) is 37.8 Å². The normalized spacial score (nSPS) is 17.2. The molecule has 0 aliphatic carbocycles. The quantitative estimate of drug-likeness (QED) is 0.641. The summed E-state index contributed by atoms with van der Waals surface area (Å²) in [6, 6.07) is 3.28. The number of rotatable bonds is 5. The van der Waals surface area contributed by atoms with Gasteiger partial charge in [0.25, 0.3) is 0 Å². The smallest absolute Gasteiger partial charge is 0.410 e. The first-order valence-electron chi connectivity index (χ1n) is 11.2. The van der Waals surface area contributed by atoms with Gasteiger partial charge in [-0.1, -0.05) is 26.8 Å². The number of esters is 1.